The van der Waals surface area contributed by atoms with Crippen LogP contribution in [0.4, 0.5) is 8.78 Å². The number of fused-ring (bicyclic) bond motifs is 1. The van der Waals surface area contributed by atoms with Gasteiger partial charge in [-0.2, -0.15) is 0 Å². The molecule has 2 aromatic rings. The average molecular weight is 314 g/mol. The predicted octanol–water partition coefficient (Wildman–Crippen LogP) is 1.65. The van der Waals surface area contributed by atoms with Gasteiger partial charge in [-0.3, -0.25) is 4.40 Å². The minimum atomic E-state index is -2.83. The summed E-state index contributed by atoms with van der Waals surface area (Å²) >= 11 is 0. The summed E-state index contributed by atoms with van der Waals surface area (Å²) in [7, 11) is 0. The Bertz CT molecular complexity index is 645. The van der Waals surface area contributed by atoms with Gasteiger partial charge in [-0.05, 0) is 24.6 Å². The van der Waals surface area contributed by atoms with Gasteiger partial charge < -0.3 is 14.6 Å². The molecule has 0 aromatic carbocycles. The molecule has 6 nitrogen and oxygen atoms in total. The molecule has 0 aliphatic heterocycles. The first kappa shape index (κ1) is 16.3. The Morgan fingerprint density at radius 2 is 2.27 bits per heavy atom. The van der Waals surface area contributed by atoms with E-state index in [2.05, 4.69) is 4.98 Å². The molecule has 120 valence electrons. The zero-order valence-corrected chi connectivity index (χ0v) is 11.9. The lowest BCUT2D eigenvalue weighted by Crippen LogP contribution is -2.23. The Kier molecular flexibility index (Phi) is 5.40. The van der Waals surface area contributed by atoms with Crippen molar-refractivity contribution >= 4 is 11.6 Å². The van der Waals surface area contributed by atoms with Crippen LogP contribution in [0.5, 0.6) is 0 Å². The lowest BCUT2D eigenvalue weighted by Gasteiger charge is -2.10. The first-order valence-corrected chi connectivity index (χ1v) is 6.70. The van der Waals surface area contributed by atoms with Crippen LogP contribution in [0, 0.1) is 0 Å². The van der Waals surface area contributed by atoms with Crippen molar-refractivity contribution in [1.29, 1.82) is 0 Å². The highest BCUT2D eigenvalue weighted by molar-refractivity contribution is 5.88. The third-order valence-electron chi connectivity index (χ3n) is 2.91. The first-order valence-electron chi connectivity index (χ1n) is 6.70. The maximum absolute atomic E-state index is 12.1. The highest BCUT2D eigenvalue weighted by Gasteiger charge is 2.17. The molecule has 1 N–H and O–H groups in total. The number of halogens is 2. The maximum Gasteiger partial charge on any atom is 0.356 e. The summed E-state index contributed by atoms with van der Waals surface area (Å²) in [5.74, 6) is -0.473. The molecular weight excluding hydrogens is 298 g/mol. The van der Waals surface area contributed by atoms with Gasteiger partial charge in [-0.25, -0.2) is 18.6 Å². The van der Waals surface area contributed by atoms with Crippen LogP contribution >= 0.6 is 0 Å². The number of carbonyl (C=O) groups excluding carboxylic acids is 1. The van der Waals surface area contributed by atoms with E-state index in [1.165, 1.54) is 6.20 Å². The minimum Gasteiger partial charge on any atom is -0.461 e. The minimum absolute atomic E-state index is 0.0574. The molecule has 0 saturated heterocycles. The van der Waals surface area contributed by atoms with E-state index in [9.17, 15) is 13.6 Å². The van der Waals surface area contributed by atoms with E-state index in [0.29, 0.717) is 16.9 Å². The van der Waals surface area contributed by atoms with Crippen molar-refractivity contribution in [1.82, 2.24) is 9.38 Å². The number of hydrogen-bond acceptors (Lipinski definition) is 5. The molecule has 0 spiro atoms. The number of aliphatic hydroxyl groups excluding tert-OH is 1. The smallest absolute Gasteiger partial charge is 0.356 e. The molecule has 2 aromatic heterocycles. The monoisotopic (exact) mass is 314 g/mol. The number of aromatic nitrogens is 2. The second kappa shape index (κ2) is 7.28. The van der Waals surface area contributed by atoms with Crippen molar-refractivity contribution in [2.24, 2.45) is 0 Å². The highest BCUT2D eigenvalue weighted by Crippen LogP contribution is 2.12. The molecule has 22 heavy (non-hydrogen) atoms. The fourth-order valence-electron chi connectivity index (χ4n) is 1.84. The topological polar surface area (TPSA) is 73.1 Å². The van der Waals surface area contributed by atoms with Crippen LogP contribution in [0.15, 0.2) is 24.5 Å². The van der Waals surface area contributed by atoms with E-state index >= 15 is 0 Å². The van der Waals surface area contributed by atoms with Gasteiger partial charge in [0, 0.05) is 6.20 Å². The first-order chi connectivity index (χ1) is 10.5. The molecule has 1 atom stereocenters. The van der Waals surface area contributed by atoms with E-state index < -0.39 is 25.1 Å². The zero-order chi connectivity index (χ0) is 16.1. The predicted molar refractivity (Wildman–Crippen MR) is 72.8 cm³/mol. The number of carbonyl (C=O) groups is 1. The van der Waals surface area contributed by atoms with Crippen LogP contribution in [0.1, 0.15) is 23.0 Å². The van der Waals surface area contributed by atoms with Crippen LogP contribution in [0.3, 0.4) is 0 Å². The van der Waals surface area contributed by atoms with Gasteiger partial charge in [0.2, 0.25) is 0 Å². The standard InChI is InChI=1S/C14H16F2N2O4/c1-2-22-14(20)10-6-17-12-5-9(3-4-18(10)12)7-21-8-11(19)13(15)16/h3-6,11,13,19H,2,7-8H2,1H3. The summed E-state index contributed by atoms with van der Waals surface area (Å²) in [6.07, 6.45) is -1.61. The third-order valence-corrected chi connectivity index (χ3v) is 2.91. The van der Waals surface area contributed by atoms with Crippen LogP contribution < -0.4 is 0 Å². The number of aliphatic hydroxyl groups is 1. The number of pyridine rings is 1. The molecule has 0 aliphatic rings. The van der Waals surface area contributed by atoms with Crippen molar-refractivity contribution in [3.05, 3.63) is 35.8 Å². The Labute approximate surface area is 125 Å². The van der Waals surface area contributed by atoms with Crippen molar-refractivity contribution in [3.8, 4) is 0 Å². The second-order valence-corrected chi connectivity index (χ2v) is 4.54. The molecule has 2 heterocycles. The number of rotatable bonds is 7. The van der Waals surface area contributed by atoms with Gasteiger partial charge in [0.05, 0.1) is 26.0 Å². The number of nitrogens with zero attached hydrogens (tertiary/aromatic N) is 2. The molecule has 2 rings (SSSR count). The molecule has 0 amide bonds. The van der Waals surface area contributed by atoms with Crippen molar-refractivity contribution in [2.75, 3.05) is 13.2 Å². The molecule has 0 fully saturated rings. The van der Waals surface area contributed by atoms with Crippen LogP contribution in [0.2, 0.25) is 0 Å². The summed E-state index contributed by atoms with van der Waals surface area (Å²) in [4.78, 5) is 15.8. The Balaban J connectivity index is 2.04. The average Bonchev–Trinajstić information content (AvgIpc) is 2.90. The van der Waals surface area contributed by atoms with Crippen molar-refractivity contribution in [2.45, 2.75) is 26.1 Å². The van der Waals surface area contributed by atoms with Gasteiger partial charge in [-0.1, -0.05) is 0 Å². The summed E-state index contributed by atoms with van der Waals surface area (Å²) in [5.41, 5.74) is 1.51. The van der Waals surface area contributed by atoms with E-state index in [4.69, 9.17) is 14.6 Å². The lowest BCUT2D eigenvalue weighted by molar-refractivity contribution is -0.0581. The fraction of sp³-hybridized carbons (Fsp3) is 0.429. The van der Waals surface area contributed by atoms with Gasteiger partial charge in [0.1, 0.15) is 11.8 Å². The molecular formula is C14H16F2N2O4. The molecule has 0 aliphatic carbocycles. The quantitative estimate of drug-likeness (QED) is 0.787. The normalized spacial score (nSPS) is 12.8. The van der Waals surface area contributed by atoms with Crippen LogP contribution in [-0.4, -0.2) is 46.2 Å². The Morgan fingerprint density at radius 3 is 2.95 bits per heavy atom. The summed E-state index contributed by atoms with van der Waals surface area (Å²) in [6, 6.07) is 3.34. The molecule has 0 radical (unpaired) electrons. The number of imidazole rings is 1. The van der Waals surface area contributed by atoms with Gasteiger partial charge >= 0.3 is 5.97 Å². The molecule has 0 bridgehead atoms. The molecule has 1 unspecified atom stereocenters. The largest absolute Gasteiger partial charge is 0.461 e. The number of esters is 1. The summed E-state index contributed by atoms with van der Waals surface area (Å²) < 4.78 is 35.7. The number of hydrogen-bond donors (Lipinski definition) is 1. The van der Waals surface area contributed by atoms with E-state index in [0.717, 1.165) is 0 Å². The Morgan fingerprint density at radius 1 is 1.50 bits per heavy atom. The lowest BCUT2D eigenvalue weighted by atomic mass is 10.3. The van der Waals surface area contributed by atoms with Gasteiger partial charge in [-0.15, -0.1) is 0 Å². The molecule has 8 heteroatoms. The van der Waals surface area contributed by atoms with Crippen LogP contribution in [-0.2, 0) is 16.1 Å². The van der Waals surface area contributed by atoms with E-state index in [-0.39, 0.29) is 13.2 Å². The maximum atomic E-state index is 12.1. The Hall–Kier alpha value is -2.06. The number of ether oxygens (including phenoxy) is 2. The summed E-state index contributed by atoms with van der Waals surface area (Å²) in [6.45, 7) is 1.59. The van der Waals surface area contributed by atoms with E-state index in [1.54, 1.807) is 29.7 Å². The van der Waals surface area contributed by atoms with Gasteiger partial charge in [0.25, 0.3) is 6.43 Å². The summed E-state index contributed by atoms with van der Waals surface area (Å²) in [5, 5.41) is 8.95. The second-order valence-electron chi connectivity index (χ2n) is 4.54. The SMILES string of the molecule is CCOC(=O)c1cnc2cc(COCC(O)C(F)F)ccn12. The van der Waals surface area contributed by atoms with Crippen molar-refractivity contribution < 1.29 is 28.2 Å². The third kappa shape index (κ3) is 3.77. The highest BCUT2D eigenvalue weighted by atomic mass is 19.3. The van der Waals surface area contributed by atoms with Crippen molar-refractivity contribution in [3.63, 3.8) is 0 Å². The zero-order valence-electron chi connectivity index (χ0n) is 11.9. The number of alkyl halides is 2. The fourth-order valence-corrected chi connectivity index (χ4v) is 1.84. The molecule has 0 saturated carbocycles. The van der Waals surface area contributed by atoms with Gasteiger partial charge in [0.15, 0.2) is 5.69 Å². The van der Waals surface area contributed by atoms with E-state index in [1.807, 2.05) is 0 Å². The van der Waals surface area contributed by atoms with Crippen LogP contribution in [0.25, 0.3) is 5.65 Å².